The second-order valence-electron chi connectivity index (χ2n) is 16.5. The Balaban J connectivity index is 0.000000423. The van der Waals surface area contributed by atoms with Crippen molar-refractivity contribution < 1.29 is 77.2 Å². The van der Waals surface area contributed by atoms with E-state index >= 15 is 0 Å². The Morgan fingerprint density at radius 1 is 0.326 bits per heavy atom. The van der Waals surface area contributed by atoms with Crippen LogP contribution >= 0.6 is 0 Å². The van der Waals surface area contributed by atoms with Gasteiger partial charge in [0.1, 0.15) is 0 Å². The predicted molar refractivity (Wildman–Crippen MR) is 189 cm³/mol. The van der Waals surface area contributed by atoms with Crippen LogP contribution in [0.4, 0.5) is 0 Å². The van der Waals surface area contributed by atoms with E-state index in [2.05, 4.69) is 168 Å². The summed E-state index contributed by atoms with van der Waals surface area (Å²) in [6, 6.07) is 32.4. The molecular weight excluding hydrogens is 758 g/mol. The molecule has 6 rings (SSSR count). The minimum Gasteiger partial charge on any atom is -1.00 e. The Morgan fingerprint density at radius 2 is 0.500 bits per heavy atom. The number of hydrogen-bond donors (Lipinski definition) is 0. The second-order valence-corrected chi connectivity index (χ2v) is 16.5. The van der Waals surface area contributed by atoms with Gasteiger partial charge in [-0.1, -0.05) is 154 Å². The van der Waals surface area contributed by atoms with Gasteiger partial charge in [0.2, 0.25) is 0 Å². The van der Waals surface area contributed by atoms with E-state index in [4.69, 9.17) is 0 Å². The van der Waals surface area contributed by atoms with Crippen LogP contribution in [-0.2, 0) is 74.1 Å². The molecule has 0 atom stereocenters. The molecule has 0 spiro atoms. The van der Waals surface area contributed by atoms with E-state index in [9.17, 15) is 0 Å². The molecule has 6 aromatic rings. The molecule has 0 radical (unpaired) electrons. The fourth-order valence-corrected chi connectivity index (χ4v) is 5.91. The van der Waals surface area contributed by atoms with Crippen molar-refractivity contribution in [2.24, 2.45) is 0 Å². The maximum Gasteiger partial charge on any atom is 2.00 e. The molecule has 0 amide bonds. The summed E-state index contributed by atoms with van der Waals surface area (Å²) in [7, 11) is 0. The molecule has 0 N–H and O–H groups in total. The van der Waals surface area contributed by atoms with Gasteiger partial charge in [0.25, 0.3) is 0 Å². The quantitative estimate of drug-likeness (QED) is 0.152. The van der Waals surface area contributed by atoms with E-state index < -0.39 is 0 Å². The number of rotatable bonds is 0. The van der Waals surface area contributed by atoms with Crippen LogP contribution in [0, 0.1) is 0 Å². The Kier molecular flexibility index (Phi) is 14.2. The maximum absolute atomic E-state index is 2.35. The van der Waals surface area contributed by atoms with Gasteiger partial charge < -0.3 is 24.8 Å². The van der Waals surface area contributed by atoms with E-state index in [1.807, 2.05) is 0 Å². The van der Waals surface area contributed by atoms with E-state index in [0.717, 1.165) is 0 Å². The minimum absolute atomic E-state index is 0. The molecule has 4 heteroatoms. The van der Waals surface area contributed by atoms with Crippen molar-refractivity contribution in [2.45, 2.75) is 105 Å². The molecule has 0 bridgehead atoms. The summed E-state index contributed by atoms with van der Waals surface area (Å²) in [5.74, 6) is 0. The Morgan fingerprint density at radius 3 is 0.652 bits per heavy atom. The summed E-state index contributed by atoms with van der Waals surface area (Å²) >= 11 is 0. The van der Waals surface area contributed by atoms with E-state index in [-0.39, 0.29) is 98.9 Å². The standard InChI is InChI=1S/2C21H25.2ClH.2Zr/c2*1-20(2,3)16-7-9-18-14(12-16)11-15-13-17(21(4,5)6)8-10-19(15)18;;;;/h2*7-13H,1-6H3;2*1H;;/q2*-1;;;2*+2/p-2. The molecule has 0 aliphatic carbocycles. The number of halogens is 2. The van der Waals surface area contributed by atoms with Gasteiger partial charge in [0, 0.05) is 0 Å². The Bertz CT molecular complexity index is 1630. The van der Waals surface area contributed by atoms with Crippen LogP contribution < -0.4 is 24.8 Å². The van der Waals surface area contributed by atoms with Crippen LogP contribution in [0.2, 0.25) is 0 Å². The van der Waals surface area contributed by atoms with E-state index in [1.54, 1.807) is 0 Å². The number of fused-ring (bicyclic) bond motifs is 6. The van der Waals surface area contributed by atoms with Crippen LogP contribution in [0.3, 0.4) is 0 Å². The van der Waals surface area contributed by atoms with Gasteiger partial charge in [0.05, 0.1) is 0 Å². The van der Waals surface area contributed by atoms with Gasteiger partial charge >= 0.3 is 52.4 Å². The largest absolute Gasteiger partial charge is 2.00 e. The molecule has 0 aliphatic rings. The van der Waals surface area contributed by atoms with Gasteiger partial charge in [-0.15, -0.1) is 79.5 Å². The third kappa shape index (κ3) is 9.14. The van der Waals surface area contributed by atoms with Crippen molar-refractivity contribution in [2.75, 3.05) is 0 Å². The fourth-order valence-electron chi connectivity index (χ4n) is 5.91. The fraction of sp³-hybridized carbons (Fsp3) is 0.381. The molecule has 240 valence electrons. The van der Waals surface area contributed by atoms with Crippen molar-refractivity contribution in [3.05, 3.63) is 107 Å². The van der Waals surface area contributed by atoms with Crippen molar-refractivity contribution >= 4 is 43.1 Å². The van der Waals surface area contributed by atoms with Gasteiger partial charge in [-0.2, -0.15) is 0 Å². The van der Waals surface area contributed by atoms with E-state index in [1.165, 1.54) is 65.3 Å². The molecule has 0 unspecified atom stereocenters. The topological polar surface area (TPSA) is 0 Å². The number of hydrogen-bond acceptors (Lipinski definition) is 0. The molecule has 0 aromatic heterocycles. The second kappa shape index (κ2) is 15.2. The third-order valence-corrected chi connectivity index (χ3v) is 8.87. The first-order valence-electron chi connectivity index (χ1n) is 15.6. The maximum atomic E-state index is 2.35. The molecule has 0 saturated heterocycles. The molecule has 6 aromatic carbocycles. The van der Waals surface area contributed by atoms with Crippen LogP contribution in [0.1, 0.15) is 105 Å². The molecule has 0 heterocycles. The third-order valence-electron chi connectivity index (χ3n) is 8.87. The van der Waals surface area contributed by atoms with Crippen molar-refractivity contribution in [1.29, 1.82) is 0 Å². The predicted octanol–water partition coefficient (Wildman–Crippen LogP) is 6.62. The minimum atomic E-state index is 0. The Labute approximate surface area is 329 Å². The van der Waals surface area contributed by atoms with Crippen LogP contribution in [-0.4, -0.2) is 0 Å². The summed E-state index contributed by atoms with van der Waals surface area (Å²) in [5.41, 5.74) is 6.43. The van der Waals surface area contributed by atoms with Gasteiger partial charge in [-0.3, -0.25) is 0 Å². The summed E-state index contributed by atoms with van der Waals surface area (Å²) in [6.07, 6.45) is 0. The average Bonchev–Trinajstić information content (AvgIpc) is 3.43. The zero-order chi connectivity index (χ0) is 30.8. The van der Waals surface area contributed by atoms with Crippen molar-refractivity contribution in [3.8, 4) is 0 Å². The summed E-state index contributed by atoms with van der Waals surface area (Å²) < 4.78 is 0. The molecule has 0 saturated carbocycles. The van der Waals surface area contributed by atoms with Gasteiger partial charge in [-0.25, -0.2) is 0 Å². The Hall–Kier alpha value is -1.03. The van der Waals surface area contributed by atoms with Crippen LogP contribution in [0.25, 0.3) is 43.1 Å². The molecule has 0 fully saturated rings. The van der Waals surface area contributed by atoms with Crippen molar-refractivity contribution in [3.63, 3.8) is 0 Å². The monoisotopic (exact) mass is 804 g/mol. The van der Waals surface area contributed by atoms with Crippen LogP contribution in [0.15, 0.2) is 84.9 Å². The number of benzene rings is 4. The molecule has 0 aliphatic heterocycles. The summed E-state index contributed by atoms with van der Waals surface area (Å²) in [5, 5.41) is 11.0. The first-order chi connectivity index (χ1) is 19.3. The normalized spacial score (nSPS) is 12.1. The van der Waals surface area contributed by atoms with Gasteiger partial charge in [-0.05, 0) is 21.7 Å². The summed E-state index contributed by atoms with van der Waals surface area (Å²) in [4.78, 5) is 0. The zero-order valence-corrected chi connectivity index (χ0v) is 36.3. The van der Waals surface area contributed by atoms with Crippen molar-refractivity contribution in [1.82, 2.24) is 0 Å². The molecular formula is C42H50Cl2Zr2. The molecule has 46 heavy (non-hydrogen) atoms. The van der Waals surface area contributed by atoms with Crippen LogP contribution in [0.5, 0.6) is 0 Å². The SMILES string of the molecule is CC(C)(C)c1ccc2c(c1)[cH-]c1cc(C(C)(C)C)ccc12.CC(C)(C)c1ccc2c(c1)[cH-]c1cc(C(C)(C)C)ccc12.[Cl-].[Cl-].[Zr+2].[Zr+2]. The van der Waals surface area contributed by atoms with Gasteiger partial charge in [0.15, 0.2) is 0 Å². The molecule has 0 nitrogen and oxygen atoms in total. The summed E-state index contributed by atoms with van der Waals surface area (Å²) in [6.45, 7) is 27.3. The first-order valence-corrected chi connectivity index (χ1v) is 15.6. The average molecular weight is 808 g/mol. The van der Waals surface area contributed by atoms with E-state index in [0.29, 0.717) is 0 Å². The first kappa shape index (κ1) is 43.0. The zero-order valence-electron chi connectivity index (χ0n) is 29.8. The smallest absolute Gasteiger partial charge is 1.00 e.